The Balaban J connectivity index is 1.45. The number of hydrogen-bond acceptors (Lipinski definition) is 5. The lowest BCUT2D eigenvalue weighted by Gasteiger charge is -2.33. The van der Waals surface area contributed by atoms with E-state index in [1.54, 1.807) is 30.3 Å². The van der Waals surface area contributed by atoms with E-state index in [-0.39, 0.29) is 12.5 Å². The van der Waals surface area contributed by atoms with Crippen LogP contribution in [-0.2, 0) is 14.8 Å². The number of hydrazone groups is 1. The van der Waals surface area contributed by atoms with E-state index >= 15 is 0 Å². The molecule has 0 bridgehead atoms. The number of nitrogens with one attached hydrogen (secondary N) is 1. The summed E-state index contributed by atoms with van der Waals surface area (Å²) in [5.41, 5.74) is 4.39. The standard InChI is InChI=1S/C22H25ClN4O3S/c1-18-7-9-21(10-8-18)31(29,30)27-13-11-26(12-14-27)17-22(28)25-24-16-20(23)15-19-5-3-2-4-6-19/h2-10,15-16H,11-14,17H2,1H3,(H,25,28)/b20-15-,24-16?. The summed E-state index contributed by atoms with van der Waals surface area (Å²) in [5.74, 6) is -0.282. The summed E-state index contributed by atoms with van der Waals surface area (Å²) < 4.78 is 27.0. The molecule has 164 valence electrons. The molecule has 1 fully saturated rings. The fraction of sp³-hybridized carbons (Fsp3) is 0.273. The molecule has 0 unspecified atom stereocenters. The first kappa shape index (κ1) is 23.1. The van der Waals surface area contributed by atoms with E-state index < -0.39 is 10.0 Å². The zero-order valence-electron chi connectivity index (χ0n) is 17.2. The summed E-state index contributed by atoms with van der Waals surface area (Å²) in [6.45, 7) is 3.65. The fourth-order valence-electron chi connectivity index (χ4n) is 3.14. The maximum atomic E-state index is 12.8. The van der Waals surface area contributed by atoms with Crippen molar-refractivity contribution < 1.29 is 13.2 Å². The largest absolute Gasteiger partial charge is 0.292 e. The van der Waals surface area contributed by atoms with Crippen LogP contribution < -0.4 is 5.43 Å². The molecule has 0 saturated carbocycles. The van der Waals surface area contributed by atoms with Crippen molar-refractivity contribution in [3.63, 3.8) is 0 Å². The zero-order valence-corrected chi connectivity index (χ0v) is 18.8. The molecular weight excluding hydrogens is 436 g/mol. The molecule has 3 rings (SSSR count). The van der Waals surface area contributed by atoms with Crippen LogP contribution in [0, 0.1) is 6.92 Å². The molecule has 1 heterocycles. The average molecular weight is 461 g/mol. The first-order valence-electron chi connectivity index (χ1n) is 9.88. The van der Waals surface area contributed by atoms with Crippen LogP contribution in [0.25, 0.3) is 6.08 Å². The van der Waals surface area contributed by atoms with Crippen LogP contribution in [0.15, 0.2) is 69.6 Å². The normalized spacial score (nSPS) is 16.5. The highest BCUT2D eigenvalue weighted by Crippen LogP contribution is 2.18. The van der Waals surface area contributed by atoms with E-state index in [1.165, 1.54) is 10.5 Å². The average Bonchev–Trinajstić information content (AvgIpc) is 2.75. The van der Waals surface area contributed by atoms with Crippen molar-refractivity contribution in [1.29, 1.82) is 0 Å². The Morgan fingerprint density at radius 1 is 1.06 bits per heavy atom. The topological polar surface area (TPSA) is 82.1 Å². The van der Waals surface area contributed by atoms with Crippen molar-refractivity contribution in [2.75, 3.05) is 32.7 Å². The van der Waals surface area contributed by atoms with Crippen LogP contribution in [0.2, 0.25) is 0 Å². The van der Waals surface area contributed by atoms with Crippen molar-refractivity contribution in [2.24, 2.45) is 5.10 Å². The van der Waals surface area contributed by atoms with Gasteiger partial charge in [-0.15, -0.1) is 0 Å². The van der Waals surface area contributed by atoms with Gasteiger partial charge >= 0.3 is 0 Å². The second kappa shape index (κ2) is 10.7. The van der Waals surface area contributed by atoms with E-state index in [0.717, 1.165) is 11.1 Å². The maximum Gasteiger partial charge on any atom is 0.254 e. The molecule has 0 aliphatic carbocycles. The minimum absolute atomic E-state index is 0.135. The van der Waals surface area contributed by atoms with Crippen LogP contribution in [0.1, 0.15) is 11.1 Å². The Labute approximate surface area is 188 Å². The Kier molecular flexibility index (Phi) is 7.97. The molecule has 9 heteroatoms. The molecule has 31 heavy (non-hydrogen) atoms. The third-order valence-electron chi connectivity index (χ3n) is 4.84. The molecule has 0 spiro atoms. The monoisotopic (exact) mass is 460 g/mol. The Morgan fingerprint density at radius 2 is 1.71 bits per heavy atom. The molecule has 7 nitrogen and oxygen atoms in total. The summed E-state index contributed by atoms with van der Waals surface area (Å²) in [4.78, 5) is 14.3. The molecule has 2 aromatic rings. The van der Waals surface area contributed by atoms with Gasteiger partial charge in [-0.3, -0.25) is 9.69 Å². The molecular formula is C22H25ClN4O3S. The SMILES string of the molecule is Cc1ccc(S(=O)(=O)N2CCN(CC(=O)NN=C/C(Cl)=C/c3ccccc3)CC2)cc1. The Bertz CT molecular complexity index is 1050. The molecule has 0 atom stereocenters. The molecule has 1 aliphatic rings. The minimum Gasteiger partial charge on any atom is -0.292 e. The van der Waals surface area contributed by atoms with Gasteiger partial charge in [-0.2, -0.15) is 9.41 Å². The summed E-state index contributed by atoms with van der Waals surface area (Å²) >= 11 is 6.10. The number of rotatable bonds is 7. The quantitative estimate of drug-likeness (QED) is 0.508. The molecule has 1 amide bonds. The summed E-state index contributed by atoms with van der Waals surface area (Å²) in [5, 5.41) is 4.27. The molecule has 0 radical (unpaired) electrons. The summed E-state index contributed by atoms with van der Waals surface area (Å²) in [7, 11) is -3.52. The summed E-state index contributed by atoms with van der Waals surface area (Å²) in [6.07, 6.45) is 3.11. The van der Waals surface area contributed by atoms with Crippen LogP contribution in [0.5, 0.6) is 0 Å². The Hall–Kier alpha value is -2.52. The first-order chi connectivity index (χ1) is 14.8. The number of amides is 1. The predicted molar refractivity (Wildman–Crippen MR) is 123 cm³/mol. The molecule has 0 aromatic heterocycles. The summed E-state index contributed by atoms with van der Waals surface area (Å²) in [6, 6.07) is 16.4. The van der Waals surface area contributed by atoms with E-state index in [0.29, 0.717) is 36.1 Å². The van der Waals surface area contributed by atoms with E-state index in [9.17, 15) is 13.2 Å². The second-order valence-electron chi connectivity index (χ2n) is 7.23. The predicted octanol–water partition coefficient (Wildman–Crippen LogP) is 2.68. The number of hydrogen-bond donors (Lipinski definition) is 1. The maximum absolute atomic E-state index is 12.8. The lowest BCUT2D eigenvalue weighted by molar-refractivity contribution is -0.122. The molecule has 1 aliphatic heterocycles. The number of halogens is 1. The van der Waals surface area contributed by atoms with Crippen molar-refractivity contribution in [3.05, 3.63) is 70.8 Å². The number of benzene rings is 2. The van der Waals surface area contributed by atoms with Crippen molar-refractivity contribution >= 4 is 39.8 Å². The van der Waals surface area contributed by atoms with Crippen molar-refractivity contribution in [1.82, 2.24) is 14.6 Å². The van der Waals surface area contributed by atoms with Crippen LogP contribution in [0.3, 0.4) is 0 Å². The lowest BCUT2D eigenvalue weighted by Crippen LogP contribution is -2.50. The van der Waals surface area contributed by atoms with Gasteiger partial charge in [-0.05, 0) is 30.7 Å². The van der Waals surface area contributed by atoms with Gasteiger partial charge in [0, 0.05) is 26.2 Å². The van der Waals surface area contributed by atoms with Gasteiger partial charge in [0.15, 0.2) is 0 Å². The van der Waals surface area contributed by atoms with E-state index in [4.69, 9.17) is 11.6 Å². The highest BCUT2D eigenvalue weighted by Gasteiger charge is 2.28. The number of carbonyl (C=O) groups is 1. The van der Waals surface area contributed by atoms with Crippen LogP contribution >= 0.6 is 11.6 Å². The van der Waals surface area contributed by atoms with Gasteiger partial charge in [0.2, 0.25) is 10.0 Å². The lowest BCUT2D eigenvalue weighted by atomic mass is 10.2. The molecule has 1 N–H and O–H groups in total. The second-order valence-corrected chi connectivity index (χ2v) is 9.60. The van der Waals surface area contributed by atoms with Gasteiger partial charge in [0.1, 0.15) is 0 Å². The number of aryl methyl sites for hydroxylation is 1. The van der Waals surface area contributed by atoms with Crippen LogP contribution in [0.4, 0.5) is 0 Å². The van der Waals surface area contributed by atoms with E-state index in [2.05, 4.69) is 10.5 Å². The fourth-order valence-corrected chi connectivity index (χ4v) is 4.73. The third kappa shape index (κ3) is 6.73. The highest BCUT2D eigenvalue weighted by molar-refractivity contribution is 7.89. The zero-order chi connectivity index (χ0) is 22.3. The number of carbonyl (C=O) groups excluding carboxylic acids is 1. The van der Waals surface area contributed by atoms with Gasteiger partial charge in [-0.1, -0.05) is 59.6 Å². The molecule has 1 saturated heterocycles. The number of sulfonamides is 1. The van der Waals surface area contributed by atoms with Gasteiger partial charge < -0.3 is 0 Å². The minimum atomic E-state index is -3.52. The van der Waals surface area contributed by atoms with Gasteiger partial charge in [0.05, 0.1) is 22.7 Å². The van der Waals surface area contributed by atoms with Crippen LogP contribution in [-0.4, -0.2) is 62.5 Å². The van der Waals surface area contributed by atoms with Crippen molar-refractivity contribution in [3.8, 4) is 0 Å². The number of nitrogens with zero attached hydrogens (tertiary/aromatic N) is 3. The van der Waals surface area contributed by atoms with E-state index in [1.807, 2.05) is 42.2 Å². The highest BCUT2D eigenvalue weighted by atomic mass is 35.5. The first-order valence-corrected chi connectivity index (χ1v) is 11.7. The van der Waals surface area contributed by atoms with Gasteiger partial charge in [-0.25, -0.2) is 13.8 Å². The molecule has 2 aromatic carbocycles. The number of allylic oxidation sites excluding steroid dienone is 1. The van der Waals surface area contributed by atoms with Gasteiger partial charge in [0.25, 0.3) is 5.91 Å². The smallest absolute Gasteiger partial charge is 0.254 e. The third-order valence-corrected chi connectivity index (χ3v) is 6.96. The van der Waals surface area contributed by atoms with Crippen molar-refractivity contribution in [2.45, 2.75) is 11.8 Å². The number of piperazine rings is 1. The Morgan fingerprint density at radius 3 is 2.35 bits per heavy atom.